The lowest BCUT2D eigenvalue weighted by Crippen LogP contribution is -2.42. The van der Waals surface area contributed by atoms with Crippen LogP contribution < -0.4 is 5.32 Å². The van der Waals surface area contributed by atoms with Gasteiger partial charge >= 0.3 is 0 Å². The molecule has 2 aliphatic heterocycles. The first kappa shape index (κ1) is 20.3. The minimum absolute atomic E-state index is 0.0128. The van der Waals surface area contributed by atoms with Gasteiger partial charge in [0.2, 0.25) is 0 Å². The van der Waals surface area contributed by atoms with Crippen LogP contribution in [0.5, 0.6) is 0 Å². The number of nitrogens with zero attached hydrogens (tertiary/aromatic N) is 2. The Kier molecular flexibility index (Phi) is 5.45. The van der Waals surface area contributed by atoms with Crippen LogP contribution >= 0.6 is 0 Å². The van der Waals surface area contributed by atoms with Gasteiger partial charge in [-0.25, -0.2) is 0 Å². The summed E-state index contributed by atoms with van der Waals surface area (Å²) in [6.07, 6.45) is 5.01. The zero-order valence-electron chi connectivity index (χ0n) is 17.5. The highest BCUT2D eigenvalue weighted by Crippen LogP contribution is 2.43. The second kappa shape index (κ2) is 8.05. The van der Waals surface area contributed by atoms with Crippen molar-refractivity contribution in [3.05, 3.63) is 62.0 Å². The molecule has 1 aromatic rings. The average molecular weight is 409 g/mol. The van der Waals surface area contributed by atoms with E-state index in [4.69, 9.17) is 0 Å². The van der Waals surface area contributed by atoms with Gasteiger partial charge in [-0.15, -0.1) is 0 Å². The Bertz CT molecular complexity index is 986. The first-order chi connectivity index (χ1) is 14.4. The van der Waals surface area contributed by atoms with Crippen LogP contribution in [0.4, 0.5) is 5.69 Å². The number of likely N-dealkylation sites (tertiary alicyclic amines) is 1. The van der Waals surface area contributed by atoms with Crippen molar-refractivity contribution in [3.63, 3.8) is 0 Å². The van der Waals surface area contributed by atoms with Gasteiger partial charge in [0.15, 0.2) is 5.78 Å². The third kappa shape index (κ3) is 3.53. The zero-order valence-corrected chi connectivity index (χ0v) is 17.5. The second-order valence-corrected chi connectivity index (χ2v) is 8.42. The summed E-state index contributed by atoms with van der Waals surface area (Å²) in [7, 11) is 0. The molecule has 0 saturated carbocycles. The van der Waals surface area contributed by atoms with Crippen LogP contribution in [0, 0.1) is 17.0 Å². The lowest BCUT2D eigenvalue weighted by atomic mass is 9.74. The number of nitro groups is 1. The van der Waals surface area contributed by atoms with E-state index in [-0.39, 0.29) is 17.4 Å². The number of amides is 1. The Morgan fingerprint density at radius 2 is 1.87 bits per heavy atom. The molecule has 7 nitrogen and oxygen atoms in total. The number of nitrogens with one attached hydrogen (secondary N) is 1. The molecule has 158 valence electrons. The van der Waals surface area contributed by atoms with Gasteiger partial charge in [-0.1, -0.05) is 12.1 Å². The molecule has 1 amide bonds. The molecule has 30 heavy (non-hydrogen) atoms. The lowest BCUT2D eigenvalue weighted by Gasteiger charge is -2.37. The summed E-state index contributed by atoms with van der Waals surface area (Å²) in [5, 5.41) is 14.9. The quantitative estimate of drug-likeness (QED) is 0.604. The molecule has 7 heteroatoms. The number of nitro benzene ring substituents is 1. The number of benzene rings is 1. The summed E-state index contributed by atoms with van der Waals surface area (Å²) >= 11 is 0. The van der Waals surface area contributed by atoms with E-state index < -0.39 is 10.8 Å². The van der Waals surface area contributed by atoms with E-state index in [2.05, 4.69) is 5.32 Å². The summed E-state index contributed by atoms with van der Waals surface area (Å²) < 4.78 is 0. The van der Waals surface area contributed by atoms with Gasteiger partial charge < -0.3 is 10.2 Å². The van der Waals surface area contributed by atoms with Gasteiger partial charge in [-0.2, -0.15) is 0 Å². The molecule has 4 rings (SSSR count). The summed E-state index contributed by atoms with van der Waals surface area (Å²) in [5.74, 6) is -0.617. The first-order valence-electron chi connectivity index (χ1n) is 10.7. The smallest absolute Gasteiger partial charge is 0.272 e. The van der Waals surface area contributed by atoms with E-state index in [1.165, 1.54) is 6.07 Å². The average Bonchev–Trinajstić information content (AvgIpc) is 2.73. The van der Waals surface area contributed by atoms with Gasteiger partial charge in [0.1, 0.15) is 0 Å². The number of hydrogen-bond donors (Lipinski definition) is 1. The molecule has 1 saturated heterocycles. The highest BCUT2D eigenvalue weighted by Gasteiger charge is 2.40. The number of aryl methyl sites for hydroxylation is 1. The van der Waals surface area contributed by atoms with Crippen molar-refractivity contribution in [3.8, 4) is 0 Å². The molecule has 2 heterocycles. The Balaban J connectivity index is 1.86. The standard InChI is InChI=1S/C23H27N3O4/c1-14-9-10-16(13-18(14)26(29)30)21-20(23(28)25-11-4-3-5-12-25)15(2)24-17-7-6-8-19(27)22(17)21/h9-10,13,21,24H,3-8,11-12H2,1-2H3. The first-order valence-corrected chi connectivity index (χ1v) is 10.7. The fourth-order valence-electron chi connectivity index (χ4n) is 4.87. The number of ketones is 1. The third-order valence-electron chi connectivity index (χ3n) is 6.41. The van der Waals surface area contributed by atoms with Crippen LogP contribution in [0.15, 0.2) is 40.7 Å². The fraction of sp³-hybridized carbons (Fsp3) is 0.478. The molecule has 1 fully saturated rings. The van der Waals surface area contributed by atoms with E-state index in [9.17, 15) is 19.7 Å². The van der Waals surface area contributed by atoms with Gasteiger partial charge in [0, 0.05) is 59.6 Å². The number of carbonyl (C=O) groups is 2. The van der Waals surface area contributed by atoms with Gasteiger partial charge in [0.05, 0.1) is 4.92 Å². The van der Waals surface area contributed by atoms with Crippen LogP contribution in [-0.4, -0.2) is 34.6 Å². The van der Waals surface area contributed by atoms with Gasteiger partial charge in [-0.05, 0) is 51.5 Å². The number of piperidine rings is 1. The highest BCUT2D eigenvalue weighted by atomic mass is 16.6. The summed E-state index contributed by atoms with van der Waals surface area (Å²) in [6, 6.07) is 5.07. The monoisotopic (exact) mass is 409 g/mol. The molecule has 1 N–H and O–H groups in total. The lowest BCUT2D eigenvalue weighted by molar-refractivity contribution is -0.385. The molecule has 1 aromatic carbocycles. The summed E-state index contributed by atoms with van der Waals surface area (Å²) in [4.78, 5) is 39.6. The van der Waals surface area contributed by atoms with E-state index >= 15 is 0 Å². The number of rotatable bonds is 3. The van der Waals surface area contributed by atoms with Crippen molar-refractivity contribution in [2.45, 2.75) is 58.3 Å². The molecule has 1 unspecified atom stereocenters. The molecule has 3 aliphatic rings. The maximum atomic E-state index is 13.6. The third-order valence-corrected chi connectivity index (χ3v) is 6.41. The SMILES string of the molecule is CC1=C(C(=O)N2CCCCC2)C(c2ccc(C)c([N+](=O)[O-])c2)C2=C(CCCC2=O)N1. The van der Waals surface area contributed by atoms with Gasteiger partial charge in [-0.3, -0.25) is 19.7 Å². The van der Waals surface area contributed by atoms with E-state index in [0.29, 0.717) is 41.8 Å². The molecule has 1 aliphatic carbocycles. The van der Waals surface area contributed by atoms with E-state index in [0.717, 1.165) is 43.5 Å². The number of dihydropyridines is 1. The van der Waals surface area contributed by atoms with Crippen molar-refractivity contribution in [1.29, 1.82) is 0 Å². The number of carbonyl (C=O) groups excluding carboxylic acids is 2. The maximum Gasteiger partial charge on any atom is 0.272 e. The van der Waals surface area contributed by atoms with Crippen molar-refractivity contribution in [2.75, 3.05) is 13.1 Å². The normalized spacial score (nSPS) is 22.0. The fourth-order valence-corrected chi connectivity index (χ4v) is 4.87. The minimum Gasteiger partial charge on any atom is -0.362 e. The Labute approximate surface area is 176 Å². The molecule has 0 aromatic heterocycles. The molecule has 0 spiro atoms. The molecular formula is C23H27N3O4. The summed E-state index contributed by atoms with van der Waals surface area (Å²) in [6.45, 7) is 4.98. The highest BCUT2D eigenvalue weighted by molar-refractivity contribution is 6.05. The van der Waals surface area contributed by atoms with Crippen LogP contribution in [0.25, 0.3) is 0 Å². The van der Waals surface area contributed by atoms with Crippen molar-refractivity contribution in [1.82, 2.24) is 10.2 Å². The van der Waals surface area contributed by atoms with Crippen molar-refractivity contribution >= 4 is 17.4 Å². The van der Waals surface area contributed by atoms with Crippen molar-refractivity contribution in [2.24, 2.45) is 0 Å². The second-order valence-electron chi connectivity index (χ2n) is 8.42. The Morgan fingerprint density at radius 1 is 1.13 bits per heavy atom. The molecule has 0 radical (unpaired) electrons. The van der Waals surface area contributed by atoms with Gasteiger partial charge in [0.25, 0.3) is 11.6 Å². The van der Waals surface area contributed by atoms with E-state index in [1.54, 1.807) is 13.0 Å². The Hall–Kier alpha value is -2.96. The molecular weight excluding hydrogens is 382 g/mol. The topological polar surface area (TPSA) is 92.6 Å². The van der Waals surface area contributed by atoms with E-state index in [1.807, 2.05) is 17.9 Å². The maximum absolute atomic E-state index is 13.6. The Morgan fingerprint density at radius 3 is 2.57 bits per heavy atom. The molecule has 1 atom stereocenters. The minimum atomic E-state index is -0.567. The van der Waals surface area contributed by atoms with Crippen LogP contribution in [0.2, 0.25) is 0 Å². The number of allylic oxidation sites excluding steroid dienone is 3. The molecule has 0 bridgehead atoms. The zero-order chi connectivity index (χ0) is 21.4. The predicted molar refractivity (Wildman–Crippen MR) is 113 cm³/mol. The largest absolute Gasteiger partial charge is 0.362 e. The number of Topliss-reactive ketones (excluding diaryl/α,β-unsaturated/α-hetero) is 1. The van der Waals surface area contributed by atoms with Crippen LogP contribution in [-0.2, 0) is 9.59 Å². The number of hydrogen-bond acceptors (Lipinski definition) is 5. The predicted octanol–water partition coefficient (Wildman–Crippen LogP) is 3.88. The summed E-state index contributed by atoms with van der Waals surface area (Å²) in [5.41, 5.74) is 3.95. The van der Waals surface area contributed by atoms with Crippen molar-refractivity contribution < 1.29 is 14.5 Å². The van der Waals surface area contributed by atoms with Crippen LogP contribution in [0.1, 0.15) is 62.5 Å². The van der Waals surface area contributed by atoms with Crippen LogP contribution in [0.3, 0.4) is 0 Å².